The smallest absolute Gasteiger partial charge is 0.223 e. The minimum absolute atomic E-state index is 3.72. The molecule has 0 aliphatic rings. The van der Waals surface area contributed by atoms with Crippen LogP contribution in [0.4, 0.5) is 17.6 Å². The zero-order chi connectivity index (χ0) is 12.0. The number of alkyl halides is 4. The summed E-state index contributed by atoms with van der Waals surface area (Å²) in [7, 11) is -12.2. The Hall–Kier alpha value is -0.460. The molecule has 0 unspecified atom stereocenters. The third-order valence-corrected chi connectivity index (χ3v) is 3.12. The van der Waals surface area contributed by atoms with Gasteiger partial charge in [-0.25, -0.2) is 27.1 Å². The Morgan fingerprint density at radius 3 is 0.929 bits per heavy atom. The van der Waals surface area contributed by atoms with Crippen LogP contribution in [0.5, 0.6) is 0 Å². The molecule has 0 aromatic carbocycles. The van der Waals surface area contributed by atoms with Gasteiger partial charge < -0.3 is 0 Å². The molecular weight excluding hydrogens is 256 g/mol. The average molecular weight is 260 g/mol. The lowest BCUT2D eigenvalue weighted by molar-refractivity contribution is -0.0966. The maximum absolute atomic E-state index is 12.3. The quantitative estimate of drug-likeness (QED) is 0.616. The van der Waals surface area contributed by atoms with Crippen molar-refractivity contribution in [2.24, 2.45) is 10.3 Å². The molecule has 0 atom stereocenters. The van der Waals surface area contributed by atoms with E-state index < -0.39 is 30.6 Å². The summed E-state index contributed by atoms with van der Waals surface area (Å²) >= 11 is 0. The molecule has 0 saturated heterocycles. The molecule has 0 fully saturated rings. The first-order valence-electron chi connectivity index (χ1n) is 2.55. The molecule has 0 aliphatic carbocycles. The second-order valence-corrected chi connectivity index (χ2v) is 5.33. The van der Waals surface area contributed by atoms with E-state index in [0.29, 0.717) is 0 Å². The highest BCUT2D eigenvalue weighted by molar-refractivity contribution is 7.94. The van der Waals surface area contributed by atoms with Gasteiger partial charge in [-0.05, 0) is 0 Å². The van der Waals surface area contributed by atoms with E-state index in [1.807, 2.05) is 0 Å². The summed E-state index contributed by atoms with van der Waals surface area (Å²) in [4.78, 5) is 0. The van der Waals surface area contributed by atoms with Crippen molar-refractivity contribution in [3.63, 3.8) is 0 Å². The highest BCUT2D eigenvalue weighted by Gasteiger charge is 2.71. The van der Waals surface area contributed by atoms with Crippen molar-refractivity contribution in [3.05, 3.63) is 0 Å². The molecular formula is C2H4F4N2O4S2. The number of rotatable bonds is 3. The maximum Gasteiger partial charge on any atom is 0.436 e. The van der Waals surface area contributed by atoms with E-state index in [1.165, 1.54) is 0 Å². The number of hydrogen-bond donors (Lipinski definition) is 2. The van der Waals surface area contributed by atoms with Crippen LogP contribution in [0.25, 0.3) is 0 Å². The van der Waals surface area contributed by atoms with Crippen LogP contribution in [0.3, 0.4) is 0 Å². The van der Waals surface area contributed by atoms with Gasteiger partial charge in [-0.3, -0.25) is 0 Å². The Labute approximate surface area is 76.0 Å². The van der Waals surface area contributed by atoms with E-state index in [-0.39, 0.29) is 0 Å². The van der Waals surface area contributed by atoms with E-state index in [4.69, 9.17) is 0 Å². The third kappa shape index (κ3) is 1.82. The zero-order valence-electron chi connectivity index (χ0n) is 6.12. The molecule has 4 N–H and O–H groups in total. The van der Waals surface area contributed by atoms with Crippen LogP contribution in [0, 0.1) is 0 Å². The molecule has 14 heavy (non-hydrogen) atoms. The zero-order valence-corrected chi connectivity index (χ0v) is 7.75. The fraction of sp³-hybridized carbons (Fsp3) is 1.00. The average Bonchev–Trinajstić information content (AvgIpc) is 1.81. The van der Waals surface area contributed by atoms with E-state index in [9.17, 15) is 34.4 Å². The minimum Gasteiger partial charge on any atom is -0.223 e. The SMILES string of the molecule is NS(=O)(=O)C(F)(F)C(F)(F)S(N)(=O)=O. The third-order valence-electron chi connectivity index (χ3n) is 1.05. The van der Waals surface area contributed by atoms with Gasteiger partial charge in [-0.1, -0.05) is 0 Å². The van der Waals surface area contributed by atoms with Gasteiger partial charge >= 0.3 is 10.5 Å². The Morgan fingerprint density at radius 2 is 0.857 bits per heavy atom. The van der Waals surface area contributed by atoms with Gasteiger partial charge in [-0.2, -0.15) is 17.6 Å². The summed E-state index contributed by atoms with van der Waals surface area (Å²) in [5.74, 6) is 0. The molecule has 0 aliphatic heterocycles. The monoisotopic (exact) mass is 260 g/mol. The van der Waals surface area contributed by atoms with Crippen molar-refractivity contribution in [1.29, 1.82) is 0 Å². The van der Waals surface area contributed by atoms with Crippen LogP contribution < -0.4 is 10.3 Å². The molecule has 0 rings (SSSR count). The lowest BCUT2D eigenvalue weighted by Gasteiger charge is -2.21. The summed E-state index contributed by atoms with van der Waals surface area (Å²) in [5, 5.41) is -4.52. The number of nitrogens with two attached hydrogens (primary N) is 2. The van der Waals surface area contributed by atoms with Crippen molar-refractivity contribution in [3.8, 4) is 0 Å². The molecule has 0 heterocycles. The highest BCUT2D eigenvalue weighted by Crippen LogP contribution is 2.40. The lowest BCUT2D eigenvalue weighted by atomic mass is 10.7. The van der Waals surface area contributed by atoms with Gasteiger partial charge in [0.2, 0.25) is 0 Å². The highest BCUT2D eigenvalue weighted by atomic mass is 32.2. The Balaban J connectivity index is 5.79. The molecule has 0 aromatic rings. The van der Waals surface area contributed by atoms with Crippen LogP contribution in [0.1, 0.15) is 0 Å². The summed E-state index contributed by atoms with van der Waals surface area (Å²) in [6.07, 6.45) is 0. The molecule has 0 spiro atoms. The molecule has 0 bridgehead atoms. The second kappa shape index (κ2) is 3.01. The van der Waals surface area contributed by atoms with Crippen LogP contribution in [-0.2, 0) is 20.0 Å². The summed E-state index contributed by atoms with van der Waals surface area (Å²) in [6, 6.07) is 0. The van der Waals surface area contributed by atoms with E-state index in [2.05, 4.69) is 10.3 Å². The van der Waals surface area contributed by atoms with Crippen molar-refractivity contribution < 1.29 is 34.4 Å². The topological polar surface area (TPSA) is 120 Å². The number of hydrogen-bond acceptors (Lipinski definition) is 4. The Morgan fingerprint density at radius 1 is 0.714 bits per heavy atom. The maximum atomic E-state index is 12.3. The van der Waals surface area contributed by atoms with E-state index >= 15 is 0 Å². The fourth-order valence-electron chi connectivity index (χ4n) is 0.331. The van der Waals surface area contributed by atoms with E-state index in [1.54, 1.807) is 0 Å². The second-order valence-electron chi connectivity index (χ2n) is 2.12. The van der Waals surface area contributed by atoms with Crippen LogP contribution >= 0.6 is 0 Å². The normalized spacial score (nSPS) is 15.6. The molecule has 6 nitrogen and oxygen atoms in total. The van der Waals surface area contributed by atoms with Crippen molar-refractivity contribution in [1.82, 2.24) is 0 Å². The molecule has 12 heteroatoms. The van der Waals surface area contributed by atoms with Gasteiger partial charge in [0.15, 0.2) is 0 Å². The summed E-state index contributed by atoms with van der Waals surface area (Å²) in [5.41, 5.74) is 0. The van der Waals surface area contributed by atoms with Gasteiger partial charge in [0.25, 0.3) is 20.0 Å². The Bertz CT molecular complexity index is 382. The summed E-state index contributed by atoms with van der Waals surface area (Å²) < 4.78 is 89.0. The van der Waals surface area contributed by atoms with Crippen molar-refractivity contribution >= 4 is 20.0 Å². The number of sulfonamides is 2. The molecule has 0 radical (unpaired) electrons. The first-order valence-corrected chi connectivity index (χ1v) is 5.64. The van der Waals surface area contributed by atoms with Gasteiger partial charge in [-0.15, -0.1) is 0 Å². The summed E-state index contributed by atoms with van der Waals surface area (Å²) in [6.45, 7) is 0. The first kappa shape index (κ1) is 13.5. The van der Waals surface area contributed by atoms with Gasteiger partial charge in [0.05, 0.1) is 0 Å². The van der Waals surface area contributed by atoms with Gasteiger partial charge in [0.1, 0.15) is 0 Å². The lowest BCUT2D eigenvalue weighted by Crippen LogP contribution is -2.56. The van der Waals surface area contributed by atoms with Crippen LogP contribution in [0.2, 0.25) is 0 Å². The van der Waals surface area contributed by atoms with Crippen LogP contribution in [0.15, 0.2) is 0 Å². The van der Waals surface area contributed by atoms with Crippen molar-refractivity contribution in [2.45, 2.75) is 10.5 Å². The molecule has 0 amide bonds. The minimum atomic E-state index is -6.09. The van der Waals surface area contributed by atoms with Crippen molar-refractivity contribution in [2.75, 3.05) is 0 Å². The number of halogens is 4. The first-order chi connectivity index (χ1) is 5.75. The Kier molecular flexibility index (Phi) is 2.91. The standard InChI is InChI=1S/C2H4F4N2O4S2/c3-1(4,13(7,9)10)2(5,6)14(8,11)12/h(H2,7,9,10)(H2,8,11,12). The van der Waals surface area contributed by atoms with E-state index in [0.717, 1.165) is 0 Å². The molecule has 0 aromatic heterocycles. The molecule has 86 valence electrons. The predicted octanol–water partition coefficient (Wildman–Crippen LogP) is -1.25. The van der Waals surface area contributed by atoms with Gasteiger partial charge in [0, 0.05) is 0 Å². The molecule has 0 saturated carbocycles. The number of primary sulfonamides is 2. The predicted molar refractivity (Wildman–Crippen MR) is 36.1 cm³/mol. The van der Waals surface area contributed by atoms with Crippen LogP contribution in [-0.4, -0.2) is 27.3 Å². The fourth-order valence-corrected chi connectivity index (χ4v) is 1.69. The largest absolute Gasteiger partial charge is 0.436 e.